The Hall–Kier alpha value is -0.980. The highest BCUT2D eigenvalue weighted by Gasteiger charge is 2.10. The van der Waals surface area contributed by atoms with Crippen molar-refractivity contribution in [2.75, 3.05) is 6.61 Å². The van der Waals surface area contributed by atoms with E-state index in [1.807, 2.05) is 6.92 Å². The van der Waals surface area contributed by atoms with Crippen molar-refractivity contribution >= 4 is 39.2 Å². The summed E-state index contributed by atoms with van der Waals surface area (Å²) in [4.78, 5) is 11.8. The van der Waals surface area contributed by atoms with Crippen LogP contribution in [0.5, 0.6) is 0 Å². The van der Waals surface area contributed by atoms with Crippen LogP contribution in [0.1, 0.15) is 23.7 Å². The van der Waals surface area contributed by atoms with Gasteiger partial charge in [0.25, 0.3) is 5.91 Å². The Morgan fingerprint density at radius 1 is 1.44 bits per heavy atom. The molecule has 1 aromatic carbocycles. The molecule has 0 saturated heterocycles. The van der Waals surface area contributed by atoms with Crippen molar-refractivity contribution in [3.8, 4) is 0 Å². The SMILES string of the molecule is CCC(CO)NC(=S)NC(=O)c1ccc(Br)cc1. The molecule has 3 N–H and O–H groups in total. The number of aliphatic hydroxyl groups is 1. The number of rotatable bonds is 4. The van der Waals surface area contributed by atoms with Gasteiger partial charge in [-0.05, 0) is 42.9 Å². The highest BCUT2D eigenvalue weighted by Crippen LogP contribution is 2.10. The summed E-state index contributed by atoms with van der Waals surface area (Å²) >= 11 is 8.30. The van der Waals surface area contributed by atoms with E-state index in [1.54, 1.807) is 24.3 Å². The van der Waals surface area contributed by atoms with E-state index in [-0.39, 0.29) is 23.7 Å². The molecule has 0 aliphatic heterocycles. The predicted octanol–water partition coefficient (Wildman–Crippen LogP) is 1.82. The summed E-state index contributed by atoms with van der Waals surface area (Å²) in [6, 6.07) is 6.83. The van der Waals surface area contributed by atoms with E-state index >= 15 is 0 Å². The largest absolute Gasteiger partial charge is 0.394 e. The lowest BCUT2D eigenvalue weighted by molar-refractivity contribution is 0.0976. The maximum Gasteiger partial charge on any atom is 0.257 e. The summed E-state index contributed by atoms with van der Waals surface area (Å²) in [5, 5.41) is 14.7. The Labute approximate surface area is 120 Å². The Morgan fingerprint density at radius 2 is 2.06 bits per heavy atom. The first-order valence-corrected chi connectivity index (χ1v) is 6.75. The maximum atomic E-state index is 11.8. The van der Waals surface area contributed by atoms with Crippen molar-refractivity contribution < 1.29 is 9.90 Å². The summed E-state index contributed by atoms with van der Waals surface area (Å²) in [5.74, 6) is -0.271. The normalized spacial score (nSPS) is 11.7. The summed E-state index contributed by atoms with van der Waals surface area (Å²) in [5.41, 5.74) is 0.527. The summed E-state index contributed by atoms with van der Waals surface area (Å²) in [7, 11) is 0. The first-order chi connectivity index (χ1) is 8.56. The van der Waals surface area contributed by atoms with Crippen LogP contribution in [0.4, 0.5) is 0 Å². The molecule has 0 aliphatic rings. The zero-order valence-corrected chi connectivity index (χ0v) is 12.3. The summed E-state index contributed by atoms with van der Waals surface area (Å²) in [6.07, 6.45) is 0.727. The maximum absolute atomic E-state index is 11.8. The number of amides is 1. The van der Waals surface area contributed by atoms with Crippen molar-refractivity contribution in [2.24, 2.45) is 0 Å². The smallest absolute Gasteiger partial charge is 0.257 e. The second kappa shape index (κ2) is 7.45. The van der Waals surface area contributed by atoms with Gasteiger partial charge in [0.2, 0.25) is 0 Å². The summed E-state index contributed by atoms with van der Waals surface area (Å²) in [6.45, 7) is 1.90. The van der Waals surface area contributed by atoms with Gasteiger partial charge in [-0.15, -0.1) is 0 Å². The minimum Gasteiger partial charge on any atom is -0.394 e. The standard InChI is InChI=1S/C12H15BrN2O2S/c1-2-10(7-16)14-12(18)15-11(17)8-3-5-9(13)6-4-8/h3-6,10,16H,2,7H2,1H3,(H2,14,15,17,18). The van der Waals surface area contributed by atoms with Gasteiger partial charge < -0.3 is 10.4 Å². The van der Waals surface area contributed by atoms with E-state index in [9.17, 15) is 4.79 Å². The average Bonchev–Trinajstić information content (AvgIpc) is 2.36. The molecule has 4 nitrogen and oxygen atoms in total. The zero-order chi connectivity index (χ0) is 13.5. The van der Waals surface area contributed by atoms with Crippen LogP contribution in [0.25, 0.3) is 0 Å². The number of halogens is 1. The minimum absolute atomic E-state index is 0.0230. The van der Waals surface area contributed by atoms with Gasteiger partial charge >= 0.3 is 0 Å². The number of thiocarbonyl (C=S) groups is 1. The highest BCUT2D eigenvalue weighted by atomic mass is 79.9. The van der Waals surface area contributed by atoms with Crippen LogP contribution in [0.3, 0.4) is 0 Å². The molecule has 0 aliphatic carbocycles. The molecule has 98 valence electrons. The van der Waals surface area contributed by atoms with Crippen molar-refractivity contribution in [1.29, 1.82) is 0 Å². The number of carbonyl (C=O) groups excluding carboxylic acids is 1. The van der Waals surface area contributed by atoms with E-state index < -0.39 is 0 Å². The molecule has 0 spiro atoms. The Kier molecular flexibility index (Phi) is 6.24. The number of benzene rings is 1. The molecular weight excluding hydrogens is 316 g/mol. The van der Waals surface area contributed by atoms with Gasteiger partial charge in [0.05, 0.1) is 12.6 Å². The highest BCUT2D eigenvalue weighted by molar-refractivity contribution is 9.10. The number of hydrogen-bond donors (Lipinski definition) is 3. The molecule has 6 heteroatoms. The third-order valence-electron chi connectivity index (χ3n) is 2.38. The van der Waals surface area contributed by atoms with E-state index in [2.05, 4.69) is 26.6 Å². The van der Waals surface area contributed by atoms with E-state index in [4.69, 9.17) is 17.3 Å². The molecule has 0 heterocycles. The van der Waals surface area contributed by atoms with Crippen LogP contribution in [0.15, 0.2) is 28.7 Å². The second-order valence-electron chi connectivity index (χ2n) is 3.72. The first-order valence-electron chi connectivity index (χ1n) is 5.55. The molecule has 18 heavy (non-hydrogen) atoms. The van der Waals surface area contributed by atoms with Crippen LogP contribution in [-0.4, -0.2) is 28.8 Å². The van der Waals surface area contributed by atoms with Crippen LogP contribution in [0, 0.1) is 0 Å². The van der Waals surface area contributed by atoms with Crippen molar-refractivity contribution in [2.45, 2.75) is 19.4 Å². The van der Waals surface area contributed by atoms with Crippen molar-refractivity contribution in [3.63, 3.8) is 0 Å². The number of carbonyl (C=O) groups is 1. The van der Waals surface area contributed by atoms with Crippen LogP contribution in [0.2, 0.25) is 0 Å². The molecule has 1 atom stereocenters. The molecule has 1 rings (SSSR count). The van der Waals surface area contributed by atoms with Crippen LogP contribution < -0.4 is 10.6 Å². The quantitative estimate of drug-likeness (QED) is 0.737. The van der Waals surface area contributed by atoms with Gasteiger partial charge in [-0.1, -0.05) is 22.9 Å². The van der Waals surface area contributed by atoms with Gasteiger partial charge in [0.1, 0.15) is 0 Å². The van der Waals surface area contributed by atoms with Crippen LogP contribution in [-0.2, 0) is 0 Å². The van der Waals surface area contributed by atoms with Crippen molar-refractivity contribution in [1.82, 2.24) is 10.6 Å². The topological polar surface area (TPSA) is 61.4 Å². The lowest BCUT2D eigenvalue weighted by Gasteiger charge is -2.16. The van der Waals surface area contributed by atoms with E-state index in [1.165, 1.54) is 0 Å². The van der Waals surface area contributed by atoms with Gasteiger partial charge in [-0.3, -0.25) is 10.1 Å². The average molecular weight is 331 g/mol. The molecule has 1 amide bonds. The number of nitrogens with one attached hydrogen (secondary N) is 2. The van der Waals surface area contributed by atoms with Crippen LogP contribution >= 0.6 is 28.1 Å². The molecule has 0 aromatic heterocycles. The number of aliphatic hydroxyl groups excluding tert-OH is 1. The first kappa shape index (κ1) is 15.1. The fourth-order valence-electron chi connectivity index (χ4n) is 1.27. The Bertz CT molecular complexity index is 419. The molecule has 1 aromatic rings. The monoisotopic (exact) mass is 330 g/mol. The second-order valence-corrected chi connectivity index (χ2v) is 5.05. The molecule has 0 radical (unpaired) electrons. The third-order valence-corrected chi connectivity index (χ3v) is 3.13. The predicted molar refractivity (Wildman–Crippen MR) is 78.5 cm³/mol. The van der Waals surface area contributed by atoms with Gasteiger partial charge in [0.15, 0.2) is 5.11 Å². The van der Waals surface area contributed by atoms with E-state index in [0.717, 1.165) is 10.9 Å². The molecular formula is C12H15BrN2O2S. The third kappa shape index (κ3) is 4.72. The lowest BCUT2D eigenvalue weighted by Crippen LogP contribution is -2.45. The Morgan fingerprint density at radius 3 is 2.56 bits per heavy atom. The molecule has 0 fully saturated rings. The van der Waals surface area contributed by atoms with Gasteiger partial charge in [-0.2, -0.15) is 0 Å². The lowest BCUT2D eigenvalue weighted by atomic mass is 10.2. The molecule has 1 unspecified atom stereocenters. The fraction of sp³-hybridized carbons (Fsp3) is 0.333. The zero-order valence-electron chi connectivity index (χ0n) is 9.94. The van der Waals surface area contributed by atoms with Gasteiger partial charge in [-0.25, -0.2) is 0 Å². The summed E-state index contributed by atoms with van der Waals surface area (Å²) < 4.78 is 0.908. The number of hydrogen-bond acceptors (Lipinski definition) is 3. The minimum atomic E-state index is -0.271. The fourth-order valence-corrected chi connectivity index (χ4v) is 1.80. The van der Waals surface area contributed by atoms with Crippen molar-refractivity contribution in [3.05, 3.63) is 34.3 Å². The molecule has 0 bridgehead atoms. The molecule has 0 saturated carbocycles. The van der Waals surface area contributed by atoms with Gasteiger partial charge in [0, 0.05) is 10.0 Å². The Balaban J connectivity index is 2.54. The van der Waals surface area contributed by atoms with E-state index in [0.29, 0.717) is 5.56 Å².